The van der Waals surface area contributed by atoms with Crippen LogP contribution in [0.15, 0.2) is 54.6 Å². The number of nitro groups is 1. The Morgan fingerprint density at radius 2 is 1.77 bits per heavy atom. The molecule has 0 radical (unpaired) electrons. The minimum absolute atomic E-state index is 0.0643. The van der Waals surface area contributed by atoms with Crippen molar-refractivity contribution in [3.05, 3.63) is 70.3 Å². The summed E-state index contributed by atoms with van der Waals surface area (Å²) in [6.07, 6.45) is 0. The quantitative estimate of drug-likeness (QED) is 0.553. The molecular formula is C18H19N3O5. The van der Waals surface area contributed by atoms with E-state index in [1.807, 2.05) is 30.3 Å². The van der Waals surface area contributed by atoms with E-state index in [1.54, 1.807) is 6.92 Å². The van der Waals surface area contributed by atoms with Crippen LogP contribution in [0.5, 0.6) is 5.75 Å². The summed E-state index contributed by atoms with van der Waals surface area (Å²) in [6, 6.07) is 14.1. The third kappa shape index (κ3) is 5.90. The maximum atomic E-state index is 12.0. The number of non-ortho nitro benzene ring substituents is 1. The van der Waals surface area contributed by atoms with Gasteiger partial charge >= 0.3 is 0 Å². The Kier molecular flexibility index (Phi) is 6.67. The second kappa shape index (κ2) is 9.16. The van der Waals surface area contributed by atoms with Crippen molar-refractivity contribution < 1.29 is 19.2 Å². The molecule has 0 aromatic heterocycles. The molecule has 0 bridgehead atoms. The molecule has 0 saturated carbocycles. The number of hydrogen-bond acceptors (Lipinski definition) is 5. The summed E-state index contributed by atoms with van der Waals surface area (Å²) in [5.41, 5.74) is 0.895. The lowest BCUT2D eigenvalue weighted by molar-refractivity contribution is -0.384. The zero-order chi connectivity index (χ0) is 18.9. The lowest BCUT2D eigenvalue weighted by Crippen LogP contribution is -2.46. The van der Waals surface area contributed by atoms with E-state index in [0.717, 1.165) is 5.56 Å². The van der Waals surface area contributed by atoms with Gasteiger partial charge < -0.3 is 15.4 Å². The summed E-state index contributed by atoms with van der Waals surface area (Å²) < 4.78 is 5.25. The molecule has 2 rings (SSSR count). The molecule has 2 N–H and O–H groups in total. The molecule has 8 nitrogen and oxygen atoms in total. The van der Waals surface area contributed by atoms with Gasteiger partial charge in [0.15, 0.2) is 6.61 Å². The number of nitro benzene ring substituents is 1. The standard InChI is InChI=1S/C18H19N3O5/c1-13(18(23)19-11-14-5-3-2-4-6-14)20-17(22)12-26-16-9-7-15(8-10-16)21(24)25/h2-10,13H,11-12H2,1H3,(H,19,23)(H,20,22). The molecule has 2 amide bonds. The smallest absolute Gasteiger partial charge is 0.269 e. The summed E-state index contributed by atoms with van der Waals surface area (Å²) in [5, 5.41) is 15.8. The zero-order valence-electron chi connectivity index (χ0n) is 14.2. The molecular weight excluding hydrogens is 338 g/mol. The molecule has 2 aromatic carbocycles. The maximum absolute atomic E-state index is 12.0. The van der Waals surface area contributed by atoms with E-state index in [1.165, 1.54) is 24.3 Å². The number of hydrogen-bond donors (Lipinski definition) is 2. The van der Waals surface area contributed by atoms with Crippen molar-refractivity contribution in [3.8, 4) is 5.75 Å². The molecule has 0 saturated heterocycles. The highest BCUT2D eigenvalue weighted by atomic mass is 16.6. The highest BCUT2D eigenvalue weighted by Crippen LogP contribution is 2.17. The van der Waals surface area contributed by atoms with Gasteiger partial charge in [-0.3, -0.25) is 19.7 Å². The van der Waals surface area contributed by atoms with Crippen molar-refractivity contribution in [1.29, 1.82) is 0 Å². The minimum atomic E-state index is -0.716. The van der Waals surface area contributed by atoms with Crippen LogP contribution in [-0.4, -0.2) is 29.4 Å². The van der Waals surface area contributed by atoms with Gasteiger partial charge in [0.2, 0.25) is 5.91 Å². The zero-order valence-corrected chi connectivity index (χ0v) is 14.2. The third-order valence-electron chi connectivity index (χ3n) is 3.50. The van der Waals surface area contributed by atoms with Crippen LogP contribution in [0.25, 0.3) is 0 Å². The normalized spacial score (nSPS) is 11.3. The predicted octanol–water partition coefficient (Wildman–Crippen LogP) is 1.79. The predicted molar refractivity (Wildman–Crippen MR) is 94.5 cm³/mol. The van der Waals surface area contributed by atoms with Crippen LogP contribution >= 0.6 is 0 Å². The van der Waals surface area contributed by atoms with Crippen molar-refractivity contribution in [1.82, 2.24) is 10.6 Å². The Bertz CT molecular complexity index is 762. The van der Waals surface area contributed by atoms with E-state index in [4.69, 9.17) is 4.74 Å². The van der Waals surface area contributed by atoms with E-state index in [2.05, 4.69) is 10.6 Å². The van der Waals surface area contributed by atoms with Crippen molar-refractivity contribution in [2.75, 3.05) is 6.61 Å². The topological polar surface area (TPSA) is 111 Å². The average Bonchev–Trinajstić information content (AvgIpc) is 2.65. The first-order valence-corrected chi connectivity index (χ1v) is 7.94. The molecule has 26 heavy (non-hydrogen) atoms. The number of amides is 2. The van der Waals surface area contributed by atoms with Gasteiger partial charge in [-0.15, -0.1) is 0 Å². The van der Waals surface area contributed by atoms with Crippen LogP contribution in [0.3, 0.4) is 0 Å². The summed E-state index contributed by atoms with van der Waals surface area (Å²) in [5.74, 6) is -0.449. The number of nitrogens with zero attached hydrogens (tertiary/aromatic N) is 1. The Morgan fingerprint density at radius 1 is 1.12 bits per heavy atom. The fourth-order valence-corrected chi connectivity index (χ4v) is 2.10. The van der Waals surface area contributed by atoms with E-state index in [-0.39, 0.29) is 18.2 Å². The van der Waals surface area contributed by atoms with Gasteiger partial charge in [0.1, 0.15) is 11.8 Å². The Balaban J connectivity index is 1.73. The van der Waals surface area contributed by atoms with Gasteiger partial charge in [-0.25, -0.2) is 0 Å². The summed E-state index contributed by atoms with van der Waals surface area (Å²) in [7, 11) is 0. The van der Waals surface area contributed by atoms with Crippen molar-refractivity contribution in [2.24, 2.45) is 0 Å². The number of benzene rings is 2. The van der Waals surface area contributed by atoms with Crippen molar-refractivity contribution in [2.45, 2.75) is 19.5 Å². The molecule has 0 aliphatic rings. The van der Waals surface area contributed by atoms with Gasteiger partial charge in [-0.05, 0) is 24.6 Å². The number of rotatable bonds is 8. The first-order valence-electron chi connectivity index (χ1n) is 7.94. The van der Waals surface area contributed by atoms with Crippen molar-refractivity contribution >= 4 is 17.5 Å². The molecule has 8 heteroatoms. The Hall–Kier alpha value is -3.42. The largest absolute Gasteiger partial charge is 0.484 e. The van der Waals surface area contributed by atoms with Crippen LogP contribution in [0.1, 0.15) is 12.5 Å². The van der Waals surface area contributed by atoms with Gasteiger partial charge in [-0.2, -0.15) is 0 Å². The van der Waals surface area contributed by atoms with E-state index < -0.39 is 16.9 Å². The van der Waals surface area contributed by atoms with E-state index in [9.17, 15) is 19.7 Å². The monoisotopic (exact) mass is 357 g/mol. The fourth-order valence-electron chi connectivity index (χ4n) is 2.10. The average molecular weight is 357 g/mol. The second-order valence-electron chi connectivity index (χ2n) is 5.53. The molecule has 1 atom stereocenters. The van der Waals surface area contributed by atoms with Gasteiger partial charge in [0.05, 0.1) is 4.92 Å². The molecule has 1 unspecified atom stereocenters. The lowest BCUT2D eigenvalue weighted by Gasteiger charge is -2.14. The van der Waals surface area contributed by atoms with Gasteiger partial charge in [0, 0.05) is 18.7 Å². The van der Waals surface area contributed by atoms with Gasteiger partial charge in [-0.1, -0.05) is 30.3 Å². The van der Waals surface area contributed by atoms with Gasteiger partial charge in [0.25, 0.3) is 11.6 Å². The van der Waals surface area contributed by atoms with Crippen LogP contribution in [0, 0.1) is 10.1 Å². The summed E-state index contributed by atoms with van der Waals surface area (Å²) >= 11 is 0. The van der Waals surface area contributed by atoms with E-state index in [0.29, 0.717) is 12.3 Å². The Labute approximate surface area is 150 Å². The van der Waals surface area contributed by atoms with Crippen LogP contribution in [-0.2, 0) is 16.1 Å². The summed E-state index contributed by atoms with van der Waals surface area (Å²) in [4.78, 5) is 33.9. The lowest BCUT2D eigenvalue weighted by atomic mass is 10.2. The molecule has 0 heterocycles. The number of carbonyl (C=O) groups excluding carboxylic acids is 2. The third-order valence-corrected chi connectivity index (χ3v) is 3.50. The number of ether oxygens (including phenoxy) is 1. The first kappa shape index (κ1) is 18.9. The SMILES string of the molecule is CC(NC(=O)COc1ccc([N+](=O)[O-])cc1)C(=O)NCc1ccccc1. The van der Waals surface area contributed by atoms with Crippen LogP contribution < -0.4 is 15.4 Å². The van der Waals surface area contributed by atoms with Crippen LogP contribution in [0.4, 0.5) is 5.69 Å². The minimum Gasteiger partial charge on any atom is -0.484 e. The second-order valence-corrected chi connectivity index (χ2v) is 5.53. The molecule has 0 spiro atoms. The summed E-state index contributed by atoms with van der Waals surface area (Å²) in [6.45, 7) is 1.65. The maximum Gasteiger partial charge on any atom is 0.269 e. The van der Waals surface area contributed by atoms with E-state index >= 15 is 0 Å². The number of carbonyl (C=O) groups is 2. The van der Waals surface area contributed by atoms with Crippen molar-refractivity contribution in [3.63, 3.8) is 0 Å². The van der Waals surface area contributed by atoms with Crippen LogP contribution in [0.2, 0.25) is 0 Å². The molecule has 0 fully saturated rings. The Morgan fingerprint density at radius 3 is 2.38 bits per heavy atom. The fraction of sp³-hybridized carbons (Fsp3) is 0.222. The highest BCUT2D eigenvalue weighted by molar-refractivity contribution is 5.87. The molecule has 2 aromatic rings. The first-order chi connectivity index (χ1) is 12.5. The molecule has 0 aliphatic heterocycles. The molecule has 136 valence electrons. The molecule has 0 aliphatic carbocycles. The highest BCUT2D eigenvalue weighted by Gasteiger charge is 2.15. The number of nitrogens with one attached hydrogen (secondary N) is 2.